The van der Waals surface area contributed by atoms with E-state index in [9.17, 15) is 4.79 Å². The molecule has 0 saturated carbocycles. The van der Waals surface area contributed by atoms with Gasteiger partial charge in [0.1, 0.15) is 0 Å². The van der Waals surface area contributed by atoms with E-state index in [0.717, 1.165) is 36.5 Å². The lowest BCUT2D eigenvalue weighted by molar-refractivity contribution is 0.0629. The van der Waals surface area contributed by atoms with E-state index in [1.165, 1.54) is 12.1 Å². The van der Waals surface area contributed by atoms with Crippen LogP contribution in [0.3, 0.4) is 0 Å². The fraction of sp³-hybridized carbons (Fsp3) is 0.308. The normalized spacial score (nSPS) is 13.6. The van der Waals surface area contributed by atoms with Crippen LogP contribution in [0.4, 0.5) is 0 Å². The summed E-state index contributed by atoms with van der Waals surface area (Å²) in [6.07, 6.45) is 1.79. The first-order valence-electron chi connectivity index (χ1n) is 11.3. The molecule has 0 spiro atoms. The highest BCUT2D eigenvalue weighted by molar-refractivity contribution is 6.42. The number of halogens is 4. The molecule has 1 aliphatic rings. The average molecular weight is 587 g/mol. The molecule has 0 radical (unpaired) electrons. The number of rotatable bonds is 7. The van der Waals surface area contributed by atoms with Crippen molar-refractivity contribution < 1.29 is 19.0 Å². The van der Waals surface area contributed by atoms with Crippen LogP contribution in [0.2, 0.25) is 15.1 Å². The fourth-order valence-electron chi connectivity index (χ4n) is 4.23. The Morgan fingerprint density at radius 3 is 2.03 bits per heavy atom. The minimum atomic E-state index is -0.185. The van der Waals surface area contributed by atoms with Gasteiger partial charge in [-0.25, -0.2) is 0 Å². The van der Waals surface area contributed by atoms with Gasteiger partial charge in [0.15, 0.2) is 11.5 Å². The summed E-state index contributed by atoms with van der Waals surface area (Å²) in [5, 5.41) is 0.918. The molecule has 1 saturated heterocycles. The summed E-state index contributed by atoms with van der Waals surface area (Å²) in [6, 6.07) is 10.9. The summed E-state index contributed by atoms with van der Waals surface area (Å²) in [7, 11) is 4.75. The van der Waals surface area contributed by atoms with Crippen molar-refractivity contribution in [3.8, 4) is 28.5 Å². The summed E-state index contributed by atoms with van der Waals surface area (Å²) >= 11 is 18.5. The third kappa shape index (κ3) is 6.54. The molecular weight excluding hydrogens is 560 g/mol. The predicted molar refractivity (Wildman–Crippen MR) is 149 cm³/mol. The van der Waals surface area contributed by atoms with E-state index >= 15 is 0 Å². The van der Waals surface area contributed by atoms with Crippen molar-refractivity contribution in [1.82, 2.24) is 14.8 Å². The molecule has 198 valence electrons. The number of piperazine rings is 1. The Bertz CT molecular complexity index is 1220. The molecule has 2 heterocycles. The third-order valence-corrected chi connectivity index (χ3v) is 6.89. The van der Waals surface area contributed by atoms with Crippen LogP contribution in [-0.2, 0) is 6.54 Å². The second-order valence-electron chi connectivity index (χ2n) is 8.28. The quantitative estimate of drug-likeness (QED) is 0.333. The van der Waals surface area contributed by atoms with Crippen LogP contribution in [-0.4, -0.2) is 68.2 Å². The van der Waals surface area contributed by atoms with Gasteiger partial charge in [-0.2, -0.15) is 0 Å². The molecule has 1 amide bonds. The van der Waals surface area contributed by atoms with Gasteiger partial charge in [0.2, 0.25) is 5.75 Å². The molecule has 1 fully saturated rings. The highest BCUT2D eigenvalue weighted by Gasteiger charge is 2.26. The molecule has 11 heteroatoms. The van der Waals surface area contributed by atoms with Gasteiger partial charge >= 0.3 is 0 Å². The number of aromatic nitrogens is 1. The topological polar surface area (TPSA) is 64.1 Å². The molecule has 0 atom stereocenters. The molecule has 2 aromatic carbocycles. The summed E-state index contributed by atoms with van der Waals surface area (Å²) in [5.74, 6) is 1.49. The van der Waals surface area contributed by atoms with Gasteiger partial charge < -0.3 is 19.1 Å². The van der Waals surface area contributed by atoms with Crippen LogP contribution in [0.15, 0.2) is 42.6 Å². The zero-order valence-corrected chi connectivity index (χ0v) is 23.7. The monoisotopic (exact) mass is 585 g/mol. The van der Waals surface area contributed by atoms with E-state index in [1.54, 1.807) is 32.4 Å². The maximum Gasteiger partial charge on any atom is 0.256 e. The number of carbonyl (C=O) groups excluding carboxylic acids is 1. The summed E-state index contributed by atoms with van der Waals surface area (Å²) in [6.45, 7) is 3.30. The first-order chi connectivity index (χ1) is 17.3. The number of ether oxygens (including phenoxy) is 3. The van der Waals surface area contributed by atoms with E-state index in [0.29, 0.717) is 40.9 Å². The summed E-state index contributed by atoms with van der Waals surface area (Å²) < 4.78 is 16.4. The summed E-state index contributed by atoms with van der Waals surface area (Å²) in [5.41, 5.74) is 3.06. The first-order valence-corrected chi connectivity index (χ1v) is 12.4. The molecule has 3 aromatic rings. The van der Waals surface area contributed by atoms with E-state index < -0.39 is 0 Å². The fourth-order valence-corrected chi connectivity index (χ4v) is 5.21. The average Bonchev–Trinajstić information content (AvgIpc) is 2.87. The van der Waals surface area contributed by atoms with Crippen molar-refractivity contribution in [2.75, 3.05) is 47.5 Å². The van der Waals surface area contributed by atoms with Gasteiger partial charge in [-0.1, -0.05) is 34.8 Å². The Hall–Kier alpha value is -2.42. The van der Waals surface area contributed by atoms with Gasteiger partial charge in [-0.3, -0.25) is 14.7 Å². The van der Waals surface area contributed by atoms with Crippen molar-refractivity contribution >= 4 is 53.1 Å². The lowest BCUT2D eigenvalue weighted by atomic mass is 10.1. The van der Waals surface area contributed by atoms with Crippen molar-refractivity contribution in [2.45, 2.75) is 6.54 Å². The molecular formula is C26H27Cl4N3O4. The second kappa shape index (κ2) is 12.9. The number of amides is 1. The molecule has 0 N–H and O–H groups in total. The van der Waals surface area contributed by atoms with E-state index in [4.69, 9.17) is 49.0 Å². The molecule has 0 bridgehead atoms. The van der Waals surface area contributed by atoms with Crippen LogP contribution in [0, 0.1) is 0 Å². The Labute approximate surface area is 237 Å². The van der Waals surface area contributed by atoms with Gasteiger partial charge in [0.05, 0.1) is 42.6 Å². The first kappa shape index (κ1) is 29.1. The summed E-state index contributed by atoms with van der Waals surface area (Å²) in [4.78, 5) is 21.6. The third-order valence-electron chi connectivity index (χ3n) is 6.07. The number of pyridine rings is 1. The molecule has 7 nitrogen and oxygen atoms in total. The minimum Gasteiger partial charge on any atom is -0.493 e. The SMILES string of the molecule is COc1cc(-c2cc(CN3CCN(C(=O)c4c(Cl)cc(Cl)cc4Cl)CC3)ccn2)cc(OC)c1OC.Cl. The Kier molecular flexibility index (Phi) is 10.2. The number of carbonyl (C=O) groups is 1. The van der Waals surface area contributed by atoms with Crippen LogP contribution in [0.25, 0.3) is 11.3 Å². The highest BCUT2D eigenvalue weighted by atomic mass is 35.5. The zero-order valence-electron chi connectivity index (χ0n) is 20.6. The molecule has 1 aliphatic heterocycles. The highest BCUT2D eigenvalue weighted by Crippen LogP contribution is 2.41. The Morgan fingerprint density at radius 1 is 0.892 bits per heavy atom. The standard InChI is InChI=1S/C26H26Cl3N3O4.ClH/c1-34-22-11-17(12-23(35-2)25(22)36-3)21-10-16(4-5-30-21)15-31-6-8-32(9-7-31)26(33)24-19(28)13-18(27)14-20(24)29;/h4-5,10-14H,6-9,15H2,1-3H3;1H. The molecule has 0 aliphatic carbocycles. The number of hydrogen-bond donors (Lipinski definition) is 0. The van der Waals surface area contributed by atoms with Gasteiger partial charge in [-0.15, -0.1) is 12.4 Å². The van der Waals surface area contributed by atoms with Crippen LogP contribution < -0.4 is 14.2 Å². The van der Waals surface area contributed by atoms with Crippen molar-refractivity contribution in [3.63, 3.8) is 0 Å². The molecule has 4 rings (SSSR count). The van der Waals surface area contributed by atoms with Gasteiger partial charge in [-0.05, 0) is 42.0 Å². The van der Waals surface area contributed by atoms with E-state index in [2.05, 4.69) is 9.88 Å². The molecule has 37 heavy (non-hydrogen) atoms. The van der Waals surface area contributed by atoms with Crippen molar-refractivity contribution in [2.24, 2.45) is 0 Å². The maximum atomic E-state index is 13.0. The van der Waals surface area contributed by atoms with Crippen molar-refractivity contribution in [3.05, 3.63) is 68.8 Å². The second-order valence-corrected chi connectivity index (χ2v) is 9.53. The number of nitrogens with zero attached hydrogens (tertiary/aromatic N) is 3. The van der Waals surface area contributed by atoms with E-state index in [1.807, 2.05) is 24.3 Å². The van der Waals surface area contributed by atoms with Gasteiger partial charge in [0, 0.05) is 49.5 Å². The Balaban J connectivity index is 0.00000380. The lowest BCUT2D eigenvalue weighted by Crippen LogP contribution is -2.48. The van der Waals surface area contributed by atoms with E-state index in [-0.39, 0.29) is 28.4 Å². The van der Waals surface area contributed by atoms with Crippen molar-refractivity contribution in [1.29, 1.82) is 0 Å². The number of methoxy groups -OCH3 is 3. The molecule has 1 aromatic heterocycles. The van der Waals surface area contributed by atoms with Gasteiger partial charge in [0.25, 0.3) is 5.91 Å². The smallest absolute Gasteiger partial charge is 0.256 e. The number of benzene rings is 2. The van der Waals surface area contributed by atoms with Crippen LogP contribution in [0.5, 0.6) is 17.2 Å². The maximum absolute atomic E-state index is 13.0. The predicted octanol–water partition coefficient (Wildman–Crippen LogP) is 6.11. The number of hydrogen-bond acceptors (Lipinski definition) is 6. The zero-order chi connectivity index (χ0) is 25.8. The largest absolute Gasteiger partial charge is 0.493 e. The minimum absolute atomic E-state index is 0. The molecule has 0 unspecified atom stereocenters. The Morgan fingerprint density at radius 2 is 1.49 bits per heavy atom. The van der Waals surface area contributed by atoms with Crippen LogP contribution >= 0.6 is 47.2 Å². The van der Waals surface area contributed by atoms with Crippen LogP contribution in [0.1, 0.15) is 15.9 Å². The lowest BCUT2D eigenvalue weighted by Gasteiger charge is -2.35.